The first-order chi connectivity index (χ1) is 23.3. The highest BCUT2D eigenvalue weighted by Crippen LogP contribution is 2.33. The lowest BCUT2D eigenvalue weighted by molar-refractivity contribution is 0.102. The Bertz CT molecular complexity index is 2190. The summed E-state index contributed by atoms with van der Waals surface area (Å²) in [5.74, 6) is 1.25. The zero-order valence-corrected chi connectivity index (χ0v) is 28.5. The van der Waals surface area contributed by atoms with E-state index in [9.17, 15) is 14.4 Å². The van der Waals surface area contributed by atoms with Crippen LogP contribution < -0.4 is 36.6 Å². The van der Waals surface area contributed by atoms with Crippen LogP contribution in [0.3, 0.4) is 0 Å². The van der Waals surface area contributed by atoms with Gasteiger partial charge in [-0.05, 0) is 89.2 Å². The minimum absolute atomic E-state index is 0. The van der Waals surface area contributed by atoms with Gasteiger partial charge in [-0.1, -0.05) is 54.6 Å². The smallest absolute Gasteiger partial charge is 0.274 e. The number of nitrogens with zero attached hydrogens (tertiary/aromatic N) is 2. The number of fused-ring (bicyclic) bond motifs is 1. The van der Waals surface area contributed by atoms with Crippen molar-refractivity contribution in [3.05, 3.63) is 156 Å². The number of halogens is 1. The molecule has 0 atom stereocenters. The molecule has 252 valence electrons. The highest BCUT2D eigenvalue weighted by Gasteiger charge is 2.19. The summed E-state index contributed by atoms with van der Waals surface area (Å²) in [6, 6.07) is 28.3. The molecule has 4 aromatic carbocycles. The number of H-pyrrole nitrogens is 1. The maximum Gasteiger partial charge on any atom is 0.274 e. The highest BCUT2D eigenvalue weighted by atomic mass is 35.5. The zero-order chi connectivity index (χ0) is 33.6. The Kier molecular flexibility index (Phi) is 11.2. The maximum absolute atomic E-state index is 13.1. The van der Waals surface area contributed by atoms with Crippen LogP contribution in [-0.4, -0.2) is 47.7 Å². The van der Waals surface area contributed by atoms with Crippen LogP contribution in [0.25, 0.3) is 12.2 Å². The van der Waals surface area contributed by atoms with Gasteiger partial charge in [-0.25, -0.2) is 0 Å². The molecule has 0 saturated carbocycles. The number of ether oxygens (including phenoxy) is 2. The Morgan fingerprint density at radius 2 is 1.55 bits per heavy atom. The number of aromatic amines is 1. The molecule has 0 spiro atoms. The fourth-order valence-electron chi connectivity index (χ4n) is 5.96. The lowest BCUT2D eigenvalue weighted by atomic mass is 9.98. The van der Waals surface area contributed by atoms with E-state index in [0.717, 1.165) is 49.5 Å². The molecule has 0 saturated heterocycles. The van der Waals surface area contributed by atoms with E-state index < -0.39 is 0 Å². The van der Waals surface area contributed by atoms with Crippen molar-refractivity contribution in [2.45, 2.75) is 19.4 Å². The third-order valence-corrected chi connectivity index (χ3v) is 8.67. The Hall–Kier alpha value is -5.38. The number of carbonyl (C=O) groups is 1. The van der Waals surface area contributed by atoms with Crippen molar-refractivity contribution in [3.8, 4) is 11.5 Å². The minimum Gasteiger partial charge on any atom is -0.493 e. The third kappa shape index (κ3) is 8.20. The van der Waals surface area contributed by atoms with Crippen molar-refractivity contribution in [1.29, 1.82) is 0 Å². The molecule has 5 aromatic rings. The standard InChI is InChI=1S/C39H38N4O5.ClH/c1-42-34(22-27-8-5-4-6-9-27)38(45)41-33(39(42)46)21-28-10-7-11-30(20-28)37(44)40-32-14-12-26(13-15-32)16-18-43-19-17-29-23-35(47-2)36(48-3)24-31(29)25-43;/h4-15,20-24H,16-19,25H2,1-3H3,(H,40,44)(H,41,45);1H/b33-21-,34-22+;. The molecule has 2 N–H and O–H groups in total. The van der Waals surface area contributed by atoms with Crippen LogP contribution in [0.4, 0.5) is 5.69 Å². The molecule has 1 aliphatic rings. The summed E-state index contributed by atoms with van der Waals surface area (Å²) >= 11 is 0. The molecule has 49 heavy (non-hydrogen) atoms. The Balaban J connectivity index is 0.00000468. The molecule has 0 fully saturated rings. The number of hydrogen-bond donors (Lipinski definition) is 2. The average molecular weight is 679 g/mol. The van der Waals surface area contributed by atoms with Crippen LogP contribution in [0, 0.1) is 0 Å². The highest BCUT2D eigenvalue weighted by molar-refractivity contribution is 6.04. The van der Waals surface area contributed by atoms with Crippen molar-refractivity contribution >= 4 is 36.2 Å². The number of rotatable bonds is 9. The van der Waals surface area contributed by atoms with Crippen LogP contribution in [0.2, 0.25) is 0 Å². The first-order valence-corrected chi connectivity index (χ1v) is 15.9. The number of methoxy groups -OCH3 is 2. The summed E-state index contributed by atoms with van der Waals surface area (Å²) in [4.78, 5) is 44.3. The molecule has 0 aliphatic carbocycles. The van der Waals surface area contributed by atoms with Crippen LogP contribution in [0.15, 0.2) is 101 Å². The van der Waals surface area contributed by atoms with E-state index in [4.69, 9.17) is 9.47 Å². The van der Waals surface area contributed by atoms with Crippen molar-refractivity contribution in [1.82, 2.24) is 14.5 Å². The number of hydrogen-bond acceptors (Lipinski definition) is 6. The monoisotopic (exact) mass is 678 g/mol. The van der Waals surface area contributed by atoms with Gasteiger partial charge in [0, 0.05) is 37.9 Å². The molecule has 1 amide bonds. The van der Waals surface area contributed by atoms with E-state index >= 15 is 0 Å². The largest absolute Gasteiger partial charge is 0.493 e. The van der Waals surface area contributed by atoms with Crippen LogP contribution in [0.5, 0.6) is 11.5 Å². The van der Waals surface area contributed by atoms with Gasteiger partial charge in [0.25, 0.3) is 17.0 Å². The zero-order valence-electron chi connectivity index (χ0n) is 27.7. The van der Waals surface area contributed by atoms with Crippen molar-refractivity contribution < 1.29 is 14.3 Å². The normalized spacial score (nSPS) is 13.4. The van der Waals surface area contributed by atoms with Crippen LogP contribution >= 0.6 is 12.4 Å². The topological polar surface area (TPSA) is 106 Å². The van der Waals surface area contributed by atoms with Crippen LogP contribution in [-0.2, 0) is 26.4 Å². The average Bonchev–Trinajstić information content (AvgIpc) is 3.11. The summed E-state index contributed by atoms with van der Waals surface area (Å²) in [7, 11) is 4.89. The second kappa shape index (κ2) is 15.7. The third-order valence-electron chi connectivity index (χ3n) is 8.67. The van der Waals surface area contributed by atoms with Gasteiger partial charge in [-0.15, -0.1) is 12.4 Å². The van der Waals surface area contributed by atoms with Crippen molar-refractivity contribution in [3.63, 3.8) is 0 Å². The van der Waals surface area contributed by atoms with Gasteiger partial charge in [0.05, 0.1) is 14.2 Å². The molecule has 1 aromatic heterocycles. The van der Waals surface area contributed by atoms with Gasteiger partial charge in [-0.2, -0.15) is 0 Å². The molecule has 10 heteroatoms. The van der Waals surface area contributed by atoms with Gasteiger partial charge in [0.1, 0.15) is 10.7 Å². The van der Waals surface area contributed by atoms with E-state index in [1.807, 2.05) is 54.6 Å². The summed E-state index contributed by atoms with van der Waals surface area (Å²) in [5, 5.41) is 3.35. The van der Waals surface area contributed by atoms with Gasteiger partial charge >= 0.3 is 0 Å². The lowest BCUT2D eigenvalue weighted by Crippen LogP contribution is -2.52. The Morgan fingerprint density at radius 3 is 2.27 bits per heavy atom. The summed E-state index contributed by atoms with van der Waals surface area (Å²) in [6.45, 7) is 2.77. The summed E-state index contributed by atoms with van der Waals surface area (Å²) in [5.41, 5.74) is 5.58. The maximum atomic E-state index is 13.1. The number of benzene rings is 4. The van der Waals surface area contributed by atoms with Crippen molar-refractivity contribution in [2.24, 2.45) is 7.05 Å². The van der Waals surface area contributed by atoms with Crippen molar-refractivity contribution in [2.75, 3.05) is 32.6 Å². The number of carbonyl (C=O) groups excluding carboxylic acids is 1. The van der Waals surface area contributed by atoms with E-state index in [1.54, 1.807) is 57.7 Å². The van der Waals surface area contributed by atoms with Gasteiger partial charge in [-0.3, -0.25) is 19.3 Å². The first-order valence-electron chi connectivity index (χ1n) is 15.9. The van der Waals surface area contributed by atoms with Gasteiger partial charge < -0.3 is 24.3 Å². The molecular formula is C39H39ClN4O5. The Labute approximate surface area is 290 Å². The van der Waals surface area contributed by atoms with E-state index in [2.05, 4.69) is 27.3 Å². The SMILES string of the molecule is COc1cc2c(cc1OC)CN(CCc1ccc(NC(=O)c3cccc(/C=c4\[nH]c(=O)/c(=C\c5ccccc5)n(C)c4=O)c3)cc1)CC2.Cl. The van der Waals surface area contributed by atoms with Crippen LogP contribution in [0.1, 0.15) is 38.2 Å². The molecular weight excluding hydrogens is 640 g/mol. The number of nitrogens with one attached hydrogen (secondary N) is 2. The van der Waals surface area contributed by atoms with E-state index in [0.29, 0.717) is 16.8 Å². The molecule has 6 rings (SSSR count). The predicted molar refractivity (Wildman–Crippen MR) is 195 cm³/mol. The second-order valence-corrected chi connectivity index (χ2v) is 11.8. The summed E-state index contributed by atoms with van der Waals surface area (Å²) < 4.78 is 12.3. The lowest BCUT2D eigenvalue weighted by Gasteiger charge is -2.29. The van der Waals surface area contributed by atoms with E-state index in [1.165, 1.54) is 21.3 Å². The first kappa shape index (κ1) is 34.9. The molecule has 9 nitrogen and oxygen atoms in total. The number of anilines is 1. The molecule has 0 unspecified atom stereocenters. The fourth-order valence-corrected chi connectivity index (χ4v) is 5.96. The fraction of sp³-hybridized carbons (Fsp3) is 0.205. The molecule has 0 radical (unpaired) electrons. The van der Waals surface area contributed by atoms with Gasteiger partial charge in [0.2, 0.25) is 0 Å². The number of amides is 1. The predicted octanol–water partition coefficient (Wildman–Crippen LogP) is 4.02. The van der Waals surface area contributed by atoms with Gasteiger partial charge in [0.15, 0.2) is 11.5 Å². The summed E-state index contributed by atoms with van der Waals surface area (Å²) in [6.07, 6.45) is 5.11. The molecule has 2 heterocycles. The van der Waals surface area contributed by atoms with E-state index in [-0.39, 0.29) is 40.1 Å². The minimum atomic E-state index is -0.382. The molecule has 1 aliphatic heterocycles. The molecule has 0 bridgehead atoms. The quantitative estimate of drug-likeness (QED) is 0.244. The Morgan fingerprint density at radius 1 is 0.857 bits per heavy atom. The number of aromatic nitrogens is 2. The second-order valence-electron chi connectivity index (χ2n) is 11.8.